The van der Waals surface area contributed by atoms with Crippen molar-refractivity contribution in [3.05, 3.63) is 46.5 Å². The van der Waals surface area contributed by atoms with Crippen molar-refractivity contribution in [2.24, 2.45) is 17.8 Å². The first-order valence-corrected chi connectivity index (χ1v) is 24.9. The molecule has 1 aromatic rings. The molecule has 3 saturated heterocycles. The van der Waals surface area contributed by atoms with E-state index in [0.717, 1.165) is 36.8 Å². The highest BCUT2D eigenvalue weighted by Crippen LogP contribution is 2.49. The zero-order valence-corrected chi connectivity index (χ0v) is 42.1. The average molecular weight is 988 g/mol. The molecule has 5 amide bonds. The summed E-state index contributed by atoms with van der Waals surface area (Å²) in [7, 11) is 5.91. The van der Waals surface area contributed by atoms with Crippen LogP contribution in [0.2, 0.25) is 5.02 Å². The Morgan fingerprint density at radius 3 is 2.46 bits per heavy atom. The molecular formula is C49H67ClN4O13S. The first-order chi connectivity index (χ1) is 32.1. The Morgan fingerprint density at radius 1 is 1.09 bits per heavy atom. The fourth-order valence-corrected chi connectivity index (χ4v) is 11.3. The molecule has 17 nitrogen and oxygen atoms in total. The molecule has 5 aliphatic rings. The number of Topliss-reactive ketones (excluding diaryl/α,β-unsaturated/α-hetero) is 1. The van der Waals surface area contributed by atoms with Gasteiger partial charge in [0.05, 0.1) is 30.6 Å². The van der Waals surface area contributed by atoms with Crippen molar-refractivity contribution in [2.45, 2.75) is 146 Å². The standard InChI is InChI=1S/C49H67ClN4O13S/c1-10-34(55)32-16-14-30(15-17-32)26-54-42(58)23-37(45(54)59)68-19-18-40(56)52(6)29(4)46(60)66-39-24-41(57)53(7)33-21-31(22-35(63-8)43(33)50)20-27(2)12-11-13-38(64-9)49(62)25-36(65-47(61)51-49)28(3)44-48(39,5)67-44/h11-13,21-22,28-30,32,36-39,44,62H,10,14-20,23-26H2,1-9H3,(H,51,61)/b13-11+,27-12+/t28-,29+,30?,32?,36-,37?,38-,39+,44+,48+,49+/m1/s1. The quantitative estimate of drug-likeness (QED) is 0.141. The second-order valence-corrected chi connectivity index (χ2v) is 20.8. The van der Waals surface area contributed by atoms with Crippen molar-refractivity contribution in [2.75, 3.05) is 45.5 Å². The normalized spacial score (nSPS) is 32.8. The van der Waals surface area contributed by atoms with E-state index < -0.39 is 76.8 Å². The van der Waals surface area contributed by atoms with E-state index in [1.54, 1.807) is 45.2 Å². The molecule has 0 spiro atoms. The summed E-state index contributed by atoms with van der Waals surface area (Å²) in [6, 6.07) is 2.43. The molecule has 6 rings (SSSR count). The molecule has 9 atom stereocenters. The summed E-state index contributed by atoms with van der Waals surface area (Å²) in [6.07, 6.45) is 4.15. The average Bonchev–Trinajstić information content (AvgIpc) is 3.94. The Labute approximate surface area is 407 Å². The fourth-order valence-electron chi connectivity index (χ4n) is 9.87. The van der Waals surface area contributed by atoms with Crippen molar-refractivity contribution in [3.63, 3.8) is 0 Å². The number of hydrogen-bond donors (Lipinski definition) is 2. The van der Waals surface area contributed by atoms with Crippen LogP contribution in [-0.2, 0) is 54.1 Å². The third-order valence-electron chi connectivity index (χ3n) is 14.5. The number of ketones is 1. The Kier molecular flexibility index (Phi) is 17.2. The van der Waals surface area contributed by atoms with E-state index in [1.807, 2.05) is 19.9 Å². The van der Waals surface area contributed by atoms with E-state index in [-0.39, 0.29) is 65.9 Å². The van der Waals surface area contributed by atoms with Gasteiger partial charge < -0.3 is 38.6 Å². The van der Waals surface area contributed by atoms with Crippen LogP contribution in [0.3, 0.4) is 0 Å². The maximum Gasteiger partial charge on any atom is 0.409 e. The number of rotatable bonds is 13. The van der Waals surface area contributed by atoms with Gasteiger partial charge >= 0.3 is 12.1 Å². The van der Waals surface area contributed by atoms with Crippen LogP contribution in [0.1, 0.15) is 98.0 Å². The summed E-state index contributed by atoms with van der Waals surface area (Å²) in [6.45, 7) is 9.09. The molecule has 1 unspecified atom stereocenters. The number of nitrogens with one attached hydrogen (secondary N) is 1. The van der Waals surface area contributed by atoms with E-state index in [4.69, 9.17) is 35.3 Å². The molecule has 4 bridgehead atoms. The van der Waals surface area contributed by atoms with Crippen LogP contribution in [0.4, 0.5) is 10.5 Å². The number of likely N-dealkylation sites (N-methyl/N-ethyl adjacent to an activating group) is 1. The number of methoxy groups -OCH3 is 2. The van der Waals surface area contributed by atoms with E-state index in [1.165, 1.54) is 54.7 Å². The summed E-state index contributed by atoms with van der Waals surface area (Å²) >= 11 is 8.04. The van der Waals surface area contributed by atoms with Crippen molar-refractivity contribution < 1.29 is 62.4 Å². The summed E-state index contributed by atoms with van der Waals surface area (Å²) in [5, 5.41) is 13.9. The summed E-state index contributed by atoms with van der Waals surface area (Å²) in [5.41, 5.74) is -1.13. The number of carbonyl (C=O) groups excluding carboxylic acids is 7. The minimum atomic E-state index is -1.87. The first-order valence-electron chi connectivity index (χ1n) is 23.5. The molecule has 19 heteroatoms. The van der Waals surface area contributed by atoms with Crippen LogP contribution in [0.5, 0.6) is 5.75 Å². The number of carbonyl (C=O) groups is 7. The SMILES string of the molecule is CCC(=O)C1CCC(CN2C(=O)CC(SCCC(=O)N(C)[C@@H](C)C(=O)O[C@H]3CC(=O)N(C)c4cc(cc(OC)c4Cl)C/C(C)=C/C=C/[C@@H](OC)[C@@]4(O)C[C@@H](OC(=O)N4)[C@@H](C)[C@@H]4O[C@@]34C)C2=O)CC1. The van der Waals surface area contributed by atoms with Gasteiger partial charge in [0.1, 0.15) is 46.5 Å². The lowest BCUT2D eigenvalue weighted by Crippen LogP contribution is -2.63. The van der Waals surface area contributed by atoms with Crippen LogP contribution in [-0.4, -0.2) is 144 Å². The smallest absolute Gasteiger partial charge is 0.409 e. The second-order valence-electron chi connectivity index (χ2n) is 19.1. The van der Waals surface area contributed by atoms with Gasteiger partial charge in [-0.2, -0.15) is 0 Å². The molecule has 2 N–H and O–H groups in total. The molecule has 4 fully saturated rings. The molecule has 374 valence electrons. The minimum Gasteiger partial charge on any atom is -0.495 e. The number of halogens is 1. The maximum atomic E-state index is 14.3. The molecule has 4 heterocycles. The predicted octanol–water partition coefficient (Wildman–Crippen LogP) is 5.55. The summed E-state index contributed by atoms with van der Waals surface area (Å²) in [4.78, 5) is 97.3. The second kappa shape index (κ2) is 22.1. The number of fused-ring (bicyclic) bond motifs is 5. The Balaban J connectivity index is 1.15. The molecular weight excluding hydrogens is 920 g/mol. The van der Waals surface area contributed by atoms with Crippen LogP contribution in [0, 0.1) is 17.8 Å². The topological polar surface area (TPSA) is 211 Å². The van der Waals surface area contributed by atoms with Gasteiger partial charge in [-0.1, -0.05) is 49.2 Å². The largest absolute Gasteiger partial charge is 0.495 e. The van der Waals surface area contributed by atoms with Gasteiger partial charge in [-0.25, -0.2) is 9.59 Å². The Morgan fingerprint density at radius 2 is 1.79 bits per heavy atom. The zero-order valence-electron chi connectivity index (χ0n) is 40.5. The summed E-state index contributed by atoms with van der Waals surface area (Å²) < 4.78 is 29.4. The molecule has 68 heavy (non-hydrogen) atoms. The highest BCUT2D eigenvalue weighted by atomic mass is 35.5. The van der Waals surface area contributed by atoms with E-state index in [2.05, 4.69) is 5.32 Å². The number of allylic oxidation sites excluding steroid dienone is 3. The van der Waals surface area contributed by atoms with Crippen LogP contribution in [0.15, 0.2) is 35.9 Å². The molecule has 1 saturated carbocycles. The van der Waals surface area contributed by atoms with Crippen LogP contribution >= 0.6 is 23.4 Å². The van der Waals surface area contributed by atoms with Crippen molar-refractivity contribution >= 4 is 70.5 Å². The first kappa shape index (κ1) is 52.9. The predicted molar refractivity (Wildman–Crippen MR) is 254 cm³/mol. The van der Waals surface area contributed by atoms with E-state index in [9.17, 15) is 38.7 Å². The number of hydrogen-bond acceptors (Lipinski definition) is 14. The number of imide groups is 1. The van der Waals surface area contributed by atoms with Gasteiger partial charge in [0.25, 0.3) is 0 Å². The number of epoxide rings is 1. The molecule has 1 aliphatic carbocycles. The monoisotopic (exact) mass is 986 g/mol. The van der Waals surface area contributed by atoms with Gasteiger partial charge in [-0.05, 0) is 76.5 Å². The third-order valence-corrected chi connectivity index (χ3v) is 16.0. The maximum absolute atomic E-state index is 14.3. The van der Waals surface area contributed by atoms with E-state index in [0.29, 0.717) is 30.8 Å². The lowest BCUT2D eigenvalue weighted by molar-refractivity contribution is -0.162. The molecule has 1 aromatic carbocycles. The van der Waals surface area contributed by atoms with Gasteiger partial charge in [0, 0.05) is 71.0 Å². The van der Waals surface area contributed by atoms with Crippen molar-refractivity contribution in [1.29, 1.82) is 0 Å². The van der Waals surface area contributed by atoms with Gasteiger partial charge in [0.2, 0.25) is 23.6 Å². The molecule has 0 aromatic heterocycles. The Bertz CT molecular complexity index is 2180. The minimum absolute atomic E-state index is 0.0288. The Hall–Kier alpha value is -4.49. The van der Waals surface area contributed by atoms with Crippen molar-refractivity contribution in [3.8, 4) is 5.75 Å². The number of thioether (sulfide) groups is 1. The number of nitrogens with zero attached hydrogens (tertiary/aromatic N) is 3. The number of anilines is 1. The third kappa shape index (κ3) is 11.7. The molecule has 4 aliphatic heterocycles. The van der Waals surface area contributed by atoms with Crippen molar-refractivity contribution in [1.82, 2.24) is 15.1 Å². The number of alkyl carbamates (subject to hydrolysis) is 1. The lowest BCUT2D eigenvalue weighted by atomic mass is 9.79. The number of amides is 5. The lowest BCUT2D eigenvalue weighted by Gasteiger charge is -2.42. The number of aliphatic hydroxyl groups is 1. The highest BCUT2D eigenvalue weighted by molar-refractivity contribution is 8.00. The zero-order chi connectivity index (χ0) is 49.8. The van der Waals surface area contributed by atoms with Crippen LogP contribution < -0.4 is 15.0 Å². The van der Waals surface area contributed by atoms with Crippen LogP contribution in [0.25, 0.3) is 0 Å². The van der Waals surface area contributed by atoms with Gasteiger partial charge in [-0.15, -0.1) is 11.8 Å². The highest BCUT2D eigenvalue weighted by Gasteiger charge is 2.64. The van der Waals surface area contributed by atoms with E-state index >= 15 is 0 Å². The number of ether oxygens (including phenoxy) is 5. The van der Waals surface area contributed by atoms with Gasteiger partial charge in [0.15, 0.2) is 5.72 Å². The summed E-state index contributed by atoms with van der Waals surface area (Å²) in [5.74, 6) is -1.73. The number of benzene rings is 1. The fraction of sp³-hybridized carbons (Fsp3) is 0.653. The number of esters is 1. The van der Waals surface area contributed by atoms with Gasteiger partial charge in [-0.3, -0.25) is 34.2 Å². The number of likely N-dealkylation sites (tertiary alicyclic amines) is 1. The molecule has 0 radical (unpaired) electrons.